The third-order valence-electron chi connectivity index (χ3n) is 4.97. The number of aromatic nitrogens is 1. The van der Waals surface area contributed by atoms with Gasteiger partial charge in [0.2, 0.25) is 0 Å². The Kier molecular flexibility index (Phi) is 12.8. The average Bonchev–Trinajstić information content (AvgIpc) is 2.61. The molecule has 138 valence electrons. The van der Waals surface area contributed by atoms with Crippen molar-refractivity contribution in [3.8, 4) is 0 Å². The van der Waals surface area contributed by atoms with E-state index < -0.39 is 0 Å². The third kappa shape index (κ3) is 10.1. The van der Waals surface area contributed by atoms with E-state index in [-0.39, 0.29) is 0 Å². The molecule has 0 aliphatic carbocycles. The minimum absolute atomic E-state index is 1.13. The second-order valence-corrected chi connectivity index (χ2v) is 7.35. The summed E-state index contributed by atoms with van der Waals surface area (Å²) in [5.74, 6) is 0. The van der Waals surface area contributed by atoms with E-state index in [0.717, 1.165) is 6.42 Å². The number of pyridine rings is 1. The van der Waals surface area contributed by atoms with Crippen LogP contribution >= 0.6 is 0 Å². The summed E-state index contributed by atoms with van der Waals surface area (Å²) in [4.78, 5) is 4.95. The van der Waals surface area contributed by atoms with Gasteiger partial charge in [-0.1, -0.05) is 85.0 Å². The maximum atomic E-state index is 4.95. The van der Waals surface area contributed by atoms with Crippen LogP contribution in [0.1, 0.15) is 115 Å². The summed E-state index contributed by atoms with van der Waals surface area (Å²) < 4.78 is 0. The van der Waals surface area contributed by atoms with Gasteiger partial charge in [0.1, 0.15) is 0 Å². The summed E-state index contributed by atoms with van der Waals surface area (Å²) in [5.41, 5.74) is 4.16. The predicted octanol–water partition coefficient (Wildman–Crippen LogP) is 7.45. The molecule has 1 nitrogen and oxygen atoms in total. The van der Waals surface area contributed by atoms with E-state index in [4.69, 9.17) is 4.98 Å². The molecule has 0 saturated heterocycles. The van der Waals surface area contributed by atoms with Crippen LogP contribution < -0.4 is 0 Å². The van der Waals surface area contributed by atoms with Crippen LogP contribution in [0.25, 0.3) is 0 Å². The van der Waals surface area contributed by atoms with Crippen LogP contribution in [0.3, 0.4) is 0 Å². The molecule has 0 bridgehead atoms. The van der Waals surface area contributed by atoms with Crippen molar-refractivity contribution in [1.29, 1.82) is 0 Å². The minimum atomic E-state index is 1.13. The van der Waals surface area contributed by atoms with Crippen molar-refractivity contribution in [3.05, 3.63) is 29.1 Å². The van der Waals surface area contributed by atoms with Gasteiger partial charge in [-0.25, -0.2) is 0 Å². The smallest absolute Gasteiger partial charge is 0.0409 e. The Morgan fingerprint density at radius 2 is 1.00 bits per heavy atom. The molecule has 1 aromatic heterocycles. The summed E-state index contributed by atoms with van der Waals surface area (Å²) >= 11 is 0. The molecular weight excluding hydrogens is 290 g/mol. The van der Waals surface area contributed by atoms with Crippen LogP contribution in [0.15, 0.2) is 12.1 Å². The average molecular weight is 332 g/mol. The Labute approximate surface area is 151 Å². The van der Waals surface area contributed by atoms with E-state index in [9.17, 15) is 0 Å². The number of hydrogen-bond acceptors (Lipinski definition) is 1. The number of unbranched alkanes of at least 4 members (excludes halogenated alkanes) is 10. The van der Waals surface area contributed by atoms with Crippen molar-refractivity contribution in [2.45, 2.75) is 117 Å². The fourth-order valence-corrected chi connectivity index (χ4v) is 3.35. The monoisotopic (exact) mass is 331 g/mol. The first-order valence-corrected chi connectivity index (χ1v) is 10.8. The van der Waals surface area contributed by atoms with E-state index in [1.807, 2.05) is 0 Å². The molecule has 0 saturated carbocycles. The zero-order chi connectivity index (χ0) is 17.5. The van der Waals surface area contributed by atoms with Crippen LogP contribution in [0, 0.1) is 0 Å². The van der Waals surface area contributed by atoms with Crippen molar-refractivity contribution in [1.82, 2.24) is 4.98 Å². The van der Waals surface area contributed by atoms with Crippen LogP contribution in [-0.4, -0.2) is 4.98 Å². The van der Waals surface area contributed by atoms with Crippen LogP contribution in [0.4, 0.5) is 0 Å². The summed E-state index contributed by atoms with van der Waals surface area (Å²) in [6.07, 6.45) is 19.9. The SMILES string of the molecule is CCCCCCCCc1cc(CC)cc(CCCCCCCC)n1. The highest BCUT2D eigenvalue weighted by atomic mass is 14.7. The molecule has 0 aliphatic rings. The summed E-state index contributed by atoms with van der Waals surface area (Å²) in [7, 11) is 0. The number of aryl methyl sites for hydroxylation is 3. The zero-order valence-corrected chi connectivity index (χ0v) is 16.7. The van der Waals surface area contributed by atoms with E-state index >= 15 is 0 Å². The Morgan fingerprint density at radius 1 is 0.583 bits per heavy atom. The Hall–Kier alpha value is -0.850. The van der Waals surface area contributed by atoms with Crippen molar-refractivity contribution in [2.75, 3.05) is 0 Å². The molecule has 0 amide bonds. The highest BCUT2D eigenvalue weighted by molar-refractivity contribution is 5.22. The molecule has 1 heterocycles. The van der Waals surface area contributed by atoms with Gasteiger partial charge in [0, 0.05) is 11.4 Å². The molecule has 0 spiro atoms. The lowest BCUT2D eigenvalue weighted by Crippen LogP contribution is -1.99. The summed E-state index contributed by atoms with van der Waals surface area (Å²) in [6.45, 7) is 6.83. The maximum Gasteiger partial charge on any atom is 0.0409 e. The first-order chi connectivity index (χ1) is 11.8. The molecule has 0 fully saturated rings. The fourth-order valence-electron chi connectivity index (χ4n) is 3.35. The molecule has 1 aromatic rings. The summed E-state index contributed by atoms with van der Waals surface area (Å²) in [5, 5.41) is 0. The van der Waals surface area contributed by atoms with Crippen LogP contribution in [0.2, 0.25) is 0 Å². The van der Waals surface area contributed by atoms with E-state index in [1.165, 1.54) is 107 Å². The fraction of sp³-hybridized carbons (Fsp3) is 0.783. The highest BCUT2D eigenvalue weighted by Gasteiger charge is 2.03. The van der Waals surface area contributed by atoms with Gasteiger partial charge >= 0.3 is 0 Å². The second-order valence-electron chi connectivity index (χ2n) is 7.35. The Morgan fingerprint density at radius 3 is 1.42 bits per heavy atom. The van der Waals surface area contributed by atoms with E-state index in [1.54, 1.807) is 0 Å². The first kappa shape index (κ1) is 21.2. The number of hydrogen-bond donors (Lipinski definition) is 0. The van der Waals surface area contributed by atoms with Crippen LogP contribution in [0.5, 0.6) is 0 Å². The van der Waals surface area contributed by atoms with Gasteiger partial charge < -0.3 is 0 Å². The molecule has 0 atom stereocenters. The quantitative estimate of drug-likeness (QED) is 0.304. The van der Waals surface area contributed by atoms with E-state index in [2.05, 4.69) is 32.9 Å². The maximum absolute atomic E-state index is 4.95. The molecule has 0 radical (unpaired) electrons. The van der Waals surface area contributed by atoms with Gasteiger partial charge in [-0.3, -0.25) is 4.98 Å². The molecule has 1 rings (SSSR count). The van der Waals surface area contributed by atoms with Gasteiger partial charge in [-0.05, 0) is 49.8 Å². The third-order valence-corrected chi connectivity index (χ3v) is 4.97. The molecule has 24 heavy (non-hydrogen) atoms. The Bertz CT molecular complexity index is 376. The van der Waals surface area contributed by atoms with E-state index in [0.29, 0.717) is 0 Å². The first-order valence-electron chi connectivity index (χ1n) is 10.8. The lowest BCUT2D eigenvalue weighted by Gasteiger charge is -2.08. The highest BCUT2D eigenvalue weighted by Crippen LogP contribution is 2.14. The van der Waals surface area contributed by atoms with Gasteiger partial charge in [-0.15, -0.1) is 0 Å². The van der Waals surface area contributed by atoms with Gasteiger partial charge in [0.05, 0.1) is 0 Å². The molecule has 0 aliphatic heterocycles. The minimum Gasteiger partial charge on any atom is -0.258 e. The predicted molar refractivity (Wildman–Crippen MR) is 108 cm³/mol. The topological polar surface area (TPSA) is 12.9 Å². The lowest BCUT2D eigenvalue weighted by molar-refractivity contribution is 0.598. The molecule has 0 N–H and O–H groups in total. The molecular formula is C23H41N. The van der Waals surface area contributed by atoms with Gasteiger partial charge in [-0.2, -0.15) is 0 Å². The van der Waals surface area contributed by atoms with Gasteiger partial charge in [0.25, 0.3) is 0 Å². The Balaban J connectivity index is 2.34. The molecule has 0 unspecified atom stereocenters. The lowest BCUT2D eigenvalue weighted by atomic mass is 10.0. The van der Waals surface area contributed by atoms with Crippen molar-refractivity contribution < 1.29 is 0 Å². The molecule has 1 heteroatoms. The van der Waals surface area contributed by atoms with Gasteiger partial charge in [0.15, 0.2) is 0 Å². The van der Waals surface area contributed by atoms with Crippen molar-refractivity contribution >= 4 is 0 Å². The normalized spacial score (nSPS) is 11.1. The van der Waals surface area contributed by atoms with Crippen LogP contribution in [-0.2, 0) is 19.3 Å². The number of nitrogens with zero attached hydrogens (tertiary/aromatic N) is 1. The standard InChI is InChI=1S/C23H41N/c1-4-7-9-11-13-15-17-22-19-21(6-3)20-23(24-22)18-16-14-12-10-8-5-2/h19-20H,4-18H2,1-3H3. The van der Waals surface area contributed by atoms with Crippen molar-refractivity contribution in [3.63, 3.8) is 0 Å². The van der Waals surface area contributed by atoms with Crippen molar-refractivity contribution in [2.24, 2.45) is 0 Å². The second kappa shape index (κ2) is 14.5. The largest absolute Gasteiger partial charge is 0.258 e. The number of rotatable bonds is 15. The summed E-state index contributed by atoms with van der Waals surface area (Å²) in [6, 6.07) is 4.69. The molecule has 0 aromatic carbocycles. The zero-order valence-electron chi connectivity index (χ0n) is 16.7.